The number of aryl methyl sites for hydroxylation is 1. The van der Waals surface area contributed by atoms with Crippen molar-refractivity contribution in [2.75, 3.05) is 0 Å². The van der Waals surface area contributed by atoms with Gasteiger partial charge in [-0.15, -0.1) is 5.10 Å². The molecule has 0 aliphatic heterocycles. The number of rotatable bonds is 2. The molecule has 0 amide bonds. The number of aromatic nitrogens is 2. The van der Waals surface area contributed by atoms with Gasteiger partial charge in [-0.25, -0.2) is 0 Å². The molecule has 0 aromatic carbocycles. The van der Waals surface area contributed by atoms with E-state index in [2.05, 4.69) is 9.59 Å². The number of hydrogen-bond donors (Lipinski definition) is 1. The Morgan fingerprint density at radius 2 is 2.09 bits per heavy atom. The zero-order valence-electron chi connectivity index (χ0n) is 6.90. The molecular formula is C7H12N2OS. The Morgan fingerprint density at radius 3 is 2.45 bits per heavy atom. The molecular weight excluding hydrogens is 160 g/mol. The van der Waals surface area contributed by atoms with E-state index < -0.39 is 6.10 Å². The summed E-state index contributed by atoms with van der Waals surface area (Å²) in [6, 6.07) is 0. The van der Waals surface area contributed by atoms with Gasteiger partial charge in [-0.1, -0.05) is 18.3 Å². The molecule has 0 spiro atoms. The predicted octanol–water partition coefficient (Wildman–Crippen LogP) is 1.54. The van der Waals surface area contributed by atoms with Gasteiger partial charge < -0.3 is 5.11 Å². The molecule has 1 aromatic heterocycles. The molecule has 1 N–H and O–H groups in total. The molecule has 1 heterocycles. The van der Waals surface area contributed by atoms with E-state index in [0.717, 1.165) is 10.6 Å². The van der Waals surface area contributed by atoms with Gasteiger partial charge in [0.05, 0.1) is 16.7 Å². The molecule has 0 aliphatic rings. The molecule has 1 rings (SSSR count). The average Bonchev–Trinajstić information content (AvgIpc) is 2.33. The van der Waals surface area contributed by atoms with Crippen molar-refractivity contribution in [1.82, 2.24) is 9.59 Å². The minimum absolute atomic E-state index is 0.232. The maximum atomic E-state index is 9.60. The number of aliphatic hydroxyl groups is 1. The number of nitrogens with zero attached hydrogens (tertiary/aromatic N) is 2. The fraction of sp³-hybridized carbons (Fsp3) is 0.714. The summed E-state index contributed by atoms with van der Waals surface area (Å²) in [5.41, 5.74) is 0.844. The van der Waals surface area contributed by atoms with Gasteiger partial charge in [-0.3, -0.25) is 0 Å². The van der Waals surface area contributed by atoms with Gasteiger partial charge in [0.25, 0.3) is 0 Å². The van der Waals surface area contributed by atoms with Crippen LogP contribution >= 0.6 is 11.5 Å². The maximum absolute atomic E-state index is 9.60. The molecule has 0 radical (unpaired) electrons. The fourth-order valence-corrected chi connectivity index (χ4v) is 1.62. The van der Waals surface area contributed by atoms with E-state index in [4.69, 9.17) is 0 Å². The molecule has 0 saturated carbocycles. The van der Waals surface area contributed by atoms with Gasteiger partial charge in [0, 0.05) is 0 Å². The fourth-order valence-electron chi connectivity index (χ4n) is 0.812. The van der Waals surface area contributed by atoms with Crippen molar-refractivity contribution < 1.29 is 5.11 Å². The van der Waals surface area contributed by atoms with Crippen LogP contribution < -0.4 is 0 Å². The van der Waals surface area contributed by atoms with Crippen LogP contribution in [0.4, 0.5) is 0 Å². The van der Waals surface area contributed by atoms with E-state index in [1.807, 2.05) is 20.8 Å². The lowest BCUT2D eigenvalue weighted by Crippen LogP contribution is -2.04. The van der Waals surface area contributed by atoms with Gasteiger partial charge in [-0.05, 0) is 24.4 Å². The second-order valence-corrected chi connectivity index (χ2v) is 3.70. The van der Waals surface area contributed by atoms with Crippen LogP contribution in [0.1, 0.15) is 30.5 Å². The van der Waals surface area contributed by atoms with Gasteiger partial charge in [0.1, 0.15) is 0 Å². The van der Waals surface area contributed by atoms with Crippen molar-refractivity contribution in [3.63, 3.8) is 0 Å². The Hall–Kier alpha value is -0.480. The Balaban J connectivity index is 2.84. The monoisotopic (exact) mass is 172 g/mol. The first-order valence-electron chi connectivity index (χ1n) is 3.60. The highest BCUT2D eigenvalue weighted by molar-refractivity contribution is 7.05. The quantitative estimate of drug-likeness (QED) is 0.736. The lowest BCUT2D eigenvalue weighted by molar-refractivity contribution is 0.129. The van der Waals surface area contributed by atoms with Crippen LogP contribution in [0.15, 0.2) is 0 Å². The van der Waals surface area contributed by atoms with Crippen molar-refractivity contribution in [1.29, 1.82) is 0 Å². The van der Waals surface area contributed by atoms with E-state index in [1.54, 1.807) is 0 Å². The summed E-state index contributed by atoms with van der Waals surface area (Å²) in [5.74, 6) is 0.232. The van der Waals surface area contributed by atoms with Crippen LogP contribution in [0.2, 0.25) is 0 Å². The first-order valence-corrected chi connectivity index (χ1v) is 4.37. The number of aliphatic hydroxyl groups excluding tert-OH is 1. The highest BCUT2D eigenvalue weighted by Gasteiger charge is 2.16. The summed E-state index contributed by atoms with van der Waals surface area (Å²) in [4.78, 5) is 0.889. The summed E-state index contributed by atoms with van der Waals surface area (Å²) >= 11 is 1.27. The smallest absolute Gasteiger partial charge is 0.0939 e. The van der Waals surface area contributed by atoms with E-state index >= 15 is 0 Å². The van der Waals surface area contributed by atoms with Crippen molar-refractivity contribution in [2.45, 2.75) is 26.9 Å². The molecule has 0 saturated heterocycles. The lowest BCUT2D eigenvalue weighted by Gasteiger charge is -2.11. The third-order valence-corrected chi connectivity index (χ3v) is 2.48. The molecule has 0 bridgehead atoms. The molecule has 1 atom stereocenters. The number of hydrogen-bond acceptors (Lipinski definition) is 4. The molecule has 11 heavy (non-hydrogen) atoms. The maximum Gasteiger partial charge on any atom is 0.0939 e. The topological polar surface area (TPSA) is 46.0 Å². The average molecular weight is 172 g/mol. The van der Waals surface area contributed by atoms with Crippen LogP contribution in [0, 0.1) is 12.8 Å². The van der Waals surface area contributed by atoms with Crippen molar-refractivity contribution in [3.8, 4) is 0 Å². The van der Waals surface area contributed by atoms with Crippen molar-refractivity contribution >= 4 is 11.5 Å². The lowest BCUT2D eigenvalue weighted by atomic mass is 10.1. The standard InChI is InChI=1S/C7H12N2OS/c1-4(2)6(10)7-5(3)8-9-11-7/h4,6,10H,1-3H3. The largest absolute Gasteiger partial charge is 0.387 e. The minimum atomic E-state index is -0.407. The molecule has 62 valence electrons. The first kappa shape index (κ1) is 8.62. The molecule has 0 aliphatic carbocycles. The van der Waals surface area contributed by atoms with Gasteiger partial charge in [0.15, 0.2) is 0 Å². The van der Waals surface area contributed by atoms with Crippen LogP contribution in [-0.4, -0.2) is 14.7 Å². The third-order valence-electron chi connectivity index (χ3n) is 1.59. The highest BCUT2D eigenvalue weighted by atomic mass is 32.1. The Kier molecular flexibility index (Phi) is 2.57. The van der Waals surface area contributed by atoms with E-state index in [0.29, 0.717) is 0 Å². The Labute approximate surface area is 70.2 Å². The van der Waals surface area contributed by atoms with E-state index in [-0.39, 0.29) is 5.92 Å². The Bertz CT molecular complexity index is 234. The highest BCUT2D eigenvalue weighted by Crippen LogP contribution is 2.25. The summed E-state index contributed by atoms with van der Waals surface area (Å²) < 4.78 is 3.76. The van der Waals surface area contributed by atoms with Gasteiger partial charge in [0.2, 0.25) is 0 Å². The van der Waals surface area contributed by atoms with Crippen LogP contribution in [0.25, 0.3) is 0 Å². The van der Waals surface area contributed by atoms with Crippen LogP contribution in [-0.2, 0) is 0 Å². The summed E-state index contributed by atoms with van der Waals surface area (Å²) in [6.45, 7) is 5.82. The Morgan fingerprint density at radius 1 is 1.45 bits per heavy atom. The van der Waals surface area contributed by atoms with E-state index in [1.165, 1.54) is 11.5 Å². The SMILES string of the molecule is Cc1nnsc1C(O)C(C)C. The summed E-state index contributed by atoms with van der Waals surface area (Å²) in [7, 11) is 0. The molecule has 1 aromatic rings. The normalized spacial score (nSPS) is 13.9. The first-order chi connectivity index (χ1) is 5.13. The van der Waals surface area contributed by atoms with Crippen molar-refractivity contribution in [3.05, 3.63) is 10.6 Å². The van der Waals surface area contributed by atoms with Crippen molar-refractivity contribution in [2.24, 2.45) is 5.92 Å². The zero-order chi connectivity index (χ0) is 8.43. The third kappa shape index (κ3) is 1.75. The van der Waals surface area contributed by atoms with E-state index in [9.17, 15) is 5.11 Å². The molecule has 3 nitrogen and oxygen atoms in total. The van der Waals surface area contributed by atoms with Crippen LogP contribution in [0.5, 0.6) is 0 Å². The van der Waals surface area contributed by atoms with Gasteiger partial charge in [-0.2, -0.15) is 0 Å². The second kappa shape index (κ2) is 3.28. The molecule has 0 fully saturated rings. The predicted molar refractivity (Wildman–Crippen MR) is 44.4 cm³/mol. The summed E-state index contributed by atoms with van der Waals surface area (Å²) in [6.07, 6.45) is -0.407. The van der Waals surface area contributed by atoms with Gasteiger partial charge >= 0.3 is 0 Å². The molecule has 4 heteroatoms. The molecule has 1 unspecified atom stereocenters. The minimum Gasteiger partial charge on any atom is -0.387 e. The zero-order valence-corrected chi connectivity index (χ0v) is 7.72. The summed E-state index contributed by atoms with van der Waals surface area (Å²) in [5, 5.41) is 13.4. The van der Waals surface area contributed by atoms with Crippen LogP contribution in [0.3, 0.4) is 0 Å². The second-order valence-electron chi connectivity index (χ2n) is 2.91.